The highest BCUT2D eigenvalue weighted by Crippen LogP contribution is 2.39. The van der Waals surface area contributed by atoms with Gasteiger partial charge in [-0.1, -0.05) is 48.5 Å². The van der Waals surface area contributed by atoms with Gasteiger partial charge in [-0.2, -0.15) is 5.10 Å². The minimum atomic E-state index is -0.287. The molecule has 8 heteroatoms. The van der Waals surface area contributed by atoms with E-state index < -0.39 is 0 Å². The Labute approximate surface area is 284 Å². The average molecular weight is 652 g/mol. The lowest BCUT2D eigenvalue weighted by molar-refractivity contribution is 0.0954. The van der Waals surface area contributed by atoms with E-state index in [2.05, 4.69) is 56.2 Å². The number of aryl methyl sites for hydroxylation is 3. The molecule has 7 nitrogen and oxygen atoms in total. The maximum atomic E-state index is 13.7. The van der Waals surface area contributed by atoms with Crippen molar-refractivity contribution in [1.29, 1.82) is 0 Å². The smallest absolute Gasteiger partial charge is 0.271 e. The van der Waals surface area contributed by atoms with Gasteiger partial charge in [-0.15, -0.1) is 11.3 Å². The molecule has 6 aromatic rings. The van der Waals surface area contributed by atoms with Gasteiger partial charge in [0.15, 0.2) is 0 Å². The topological polar surface area (TPSA) is 80.4 Å². The van der Waals surface area contributed by atoms with Crippen LogP contribution in [0.15, 0.2) is 108 Å². The van der Waals surface area contributed by atoms with Gasteiger partial charge in [0.05, 0.1) is 17.5 Å². The molecule has 0 fully saturated rings. The molecule has 0 atom stereocenters. The van der Waals surface area contributed by atoms with Crippen LogP contribution >= 0.6 is 11.3 Å². The Morgan fingerprint density at radius 1 is 0.771 bits per heavy atom. The molecule has 0 radical (unpaired) electrons. The van der Waals surface area contributed by atoms with Crippen molar-refractivity contribution in [2.75, 3.05) is 5.32 Å². The fraction of sp³-hybridized carbons (Fsp3) is 0.175. The monoisotopic (exact) mass is 651 g/mol. The molecule has 0 unspecified atom stereocenters. The van der Waals surface area contributed by atoms with Crippen LogP contribution in [-0.4, -0.2) is 27.2 Å². The van der Waals surface area contributed by atoms with Crippen LogP contribution in [0.5, 0.6) is 0 Å². The number of aromatic nitrogens is 2. The molecule has 2 N–H and O–H groups in total. The van der Waals surface area contributed by atoms with Gasteiger partial charge in [0, 0.05) is 44.5 Å². The largest absolute Gasteiger partial charge is 0.322 e. The van der Waals surface area contributed by atoms with Crippen LogP contribution < -0.4 is 10.7 Å². The second-order valence-electron chi connectivity index (χ2n) is 12.2. The Balaban J connectivity index is 1.10. The molecule has 3 aromatic carbocycles. The lowest BCUT2D eigenvalue weighted by Crippen LogP contribution is -2.18. The van der Waals surface area contributed by atoms with E-state index in [0.717, 1.165) is 81.5 Å². The summed E-state index contributed by atoms with van der Waals surface area (Å²) < 4.78 is 4.34. The standard InChI is InChI=1S/C40H37N5O2S/c1-26-18-23-35(29-12-6-4-7-13-29)45(26)33-21-19-30(20-22-33)38(46)43-41-25-31-24-27(2)44(28(31)3)40-37(34-16-10-11-17-36(34)48-40)39(47)42-32-14-8-5-9-15-32/h4-9,12-15,18-25H,10-11,16-17H2,1-3H3,(H,42,47)(H,43,46)/b41-25+. The predicted octanol–water partition coefficient (Wildman–Crippen LogP) is 8.82. The second-order valence-corrected chi connectivity index (χ2v) is 13.3. The first-order valence-electron chi connectivity index (χ1n) is 16.3. The number of fused-ring (bicyclic) bond motifs is 1. The quantitative estimate of drug-likeness (QED) is 0.127. The van der Waals surface area contributed by atoms with E-state index >= 15 is 0 Å². The molecule has 1 aliphatic rings. The third-order valence-electron chi connectivity index (χ3n) is 8.99. The highest BCUT2D eigenvalue weighted by molar-refractivity contribution is 7.15. The van der Waals surface area contributed by atoms with Crippen molar-refractivity contribution in [3.8, 4) is 21.9 Å². The summed E-state index contributed by atoms with van der Waals surface area (Å²) in [7, 11) is 0. The van der Waals surface area contributed by atoms with Gasteiger partial charge in [0.1, 0.15) is 5.00 Å². The van der Waals surface area contributed by atoms with Crippen LogP contribution in [0.3, 0.4) is 0 Å². The molecule has 2 amide bonds. The van der Waals surface area contributed by atoms with Gasteiger partial charge in [-0.05, 0) is 112 Å². The first-order valence-corrected chi connectivity index (χ1v) is 17.1. The molecular formula is C40H37N5O2S. The number of carbonyl (C=O) groups excluding carboxylic acids is 2. The molecular weight excluding hydrogens is 615 g/mol. The van der Waals surface area contributed by atoms with Crippen LogP contribution in [0.4, 0.5) is 5.69 Å². The van der Waals surface area contributed by atoms with Gasteiger partial charge in [0.2, 0.25) is 0 Å². The van der Waals surface area contributed by atoms with Crippen molar-refractivity contribution in [3.63, 3.8) is 0 Å². The van der Waals surface area contributed by atoms with E-state index in [0.29, 0.717) is 5.56 Å². The fourth-order valence-electron chi connectivity index (χ4n) is 6.59. The summed E-state index contributed by atoms with van der Waals surface area (Å²) in [5.74, 6) is -0.371. The molecule has 0 saturated heterocycles. The third-order valence-corrected chi connectivity index (χ3v) is 10.3. The molecule has 3 aromatic heterocycles. The number of anilines is 1. The van der Waals surface area contributed by atoms with E-state index in [9.17, 15) is 9.59 Å². The Kier molecular flexibility index (Phi) is 8.65. The van der Waals surface area contributed by atoms with Crippen LogP contribution in [-0.2, 0) is 12.8 Å². The highest BCUT2D eigenvalue weighted by Gasteiger charge is 2.28. The molecule has 1 aliphatic carbocycles. The van der Waals surface area contributed by atoms with Crippen molar-refractivity contribution in [2.24, 2.45) is 5.10 Å². The number of amides is 2. The van der Waals surface area contributed by atoms with Crippen molar-refractivity contribution < 1.29 is 9.59 Å². The van der Waals surface area contributed by atoms with E-state index in [-0.39, 0.29) is 11.8 Å². The summed E-state index contributed by atoms with van der Waals surface area (Å²) in [5, 5.41) is 8.38. The zero-order chi connectivity index (χ0) is 33.2. The molecule has 48 heavy (non-hydrogen) atoms. The number of thiophene rings is 1. The Hall–Kier alpha value is -5.47. The molecule has 7 rings (SSSR count). The molecule has 3 heterocycles. The number of hydrogen-bond donors (Lipinski definition) is 2. The number of para-hydroxylation sites is 1. The normalized spacial score (nSPS) is 12.6. The van der Waals surface area contributed by atoms with Crippen molar-refractivity contribution >= 4 is 35.1 Å². The first kappa shape index (κ1) is 31.1. The van der Waals surface area contributed by atoms with Gasteiger partial charge < -0.3 is 14.5 Å². The fourth-order valence-corrected chi connectivity index (χ4v) is 8.09. The van der Waals surface area contributed by atoms with Crippen LogP contribution in [0, 0.1) is 20.8 Å². The van der Waals surface area contributed by atoms with E-state index in [1.807, 2.05) is 92.7 Å². The van der Waals surface area contributed by atoms with Gasteiger partial charge >= 0.3 is 0 Å². The predicted molar refractivity (Wildman–Crippen MR) is 195 cm³/mol. The number of nitrogens with one attached hydrogen (secondary N) is 2. The zero-order valence-electron chi connectivity index (χ0n) is 27.3. The summed E-state index contributed by atoms with van der Waals surface area (Å²) in [5.41, 5.74) is 13.1. The molecule has 0 saturated carbocycles. The summed E-state index contributed by atoms with van der Waals surface area (Å²) >= 11 is 1.71. The van der Waals surface area contributed by atoms with Gasteiger partial charge in [-0.3, -0.25) is 9.59 Å². The second kappa shape index (κ2) is 13.3. The number of carbonyl (C=O) groups is 2. The minimum Gasteiger partial charge on any atom is -0.322 e. The summed E-state index contributed by atoms with van der Waals surface area (Å²) in [6.07, 6.45) is 5.79. The molecule has 0 aliphatic heterocycles. The Morgan fingerprint density at radius 2 is 1.48 bits per heavy atom. The van der Waals surface area contributed by atoms with Crippen molar-refractivity contribution in [2.45, 2.75) is 46.5 Å². The zero-order valence-corrected chi connectivity index (χ0v) is 28.1. The number of hydrazone groups is 1. The van der Waals surface area contributed by atoms with E-state index in [4.69, 9.17) is 0 Å². The van der Waals surface area contributed by atoms with Crippen LogP contribution in [0.25, 0.3) is 21.9 Å². The van der Waals surface area contributed by atoms with Gasteiger partial charge in [-0.25, -0.2) is 5.43 Å². The maximum absolute atomic E-state index is 13.7. The number of nitrogens with zero attached hydrogens (tertiary/aromatic N) is 3. The Morgan fingerprint density at radius 3 is 2.23 bits per heavy atom. The van der Waals surface area contributed by atoms with Crippen LogP contribution in [0.1, 0.15) is 66.6 Å². The van der Waals surface area contributed by atoms with Crippen LogP contribution in [0.2, 0.25) is 0 Å². The lowest BCUT2D eigenvalue weighted by Gasteiger charge is -2.14. The summed E-state index contributed by atoms with van der Waals surface area (Å²) in [4.78, 5) is 28.1. The van der Waals surface area contributed by atoms with E-state index in [1.165, 1.54) is 10.4 Å². The molecule has 0 bridgehead atoms. The average Bonchev–Trinajstić information content (AvgIpc) is 3.77. The lowest BCUT2D eigenvalue weighted by atomic mass is 9.95. The molecule has 240 valence electrons. The third kappa shape index (κ3) is 6.02. The maximum Gasteiger partial charge on any atom is 0.271 e. The number of rotatable bonds is 8. The Bertz CT molecular complexity index is 2140. The SMILES string of the molecule is Cc1ccc(-c2ccccc2)n1-c1ccc(C(=O)N/N=C/c2cc(C)n(-c3sc4c(c3C(=O)Nc3ccccc3)CCCC4)c2C)cc1. The summed E-state index contributed by atoms with van der Waals surface area (Å²) in [6, 6.07) is 33.7. The molecule has 0 spiro atoms. The van der Waals surface area contributed by atoms with Crippen molar-refractivity contribution in [1.82, 2.24) is 14.6 Å². The number of hydrogen-bond acceptors (Lipinski definition) is 4. The van der Waals surface area contributed by atoms with Crippen molar-refractivity contribution in [3.05, 3.63) is 147 Å². The number of benzene rings is 3. The summed E-state index contributed by atoms with van der Waals surface area (Å²) in [6.45, 7) is 6.14. The van der Waals surface area contributed by atoms with E-state index in [1.54, 1.807) is 17.6 Å². The first-order chi connectivity index (χ1) is 23.4. The highest BCUT2D eigenvalue weighted by atomic mass is 32.1. The van der Waals surface area contributed by atoms with Gasteiger partial charge in [0.25, 0.3) is 11.8 Å². The minimum absolute atomic E-state index is 0.0835.